The van der Waals surface area contributed by atoms with Gasteiger partial charge in [0, 0.05) is 16.9 Å². The molecule has 2 aliphatic rings. The van der Waals surface area contributed by atoms with E-state index in [0.717, 1.165) is 24.8 Å². The molecule has 2 fully saturated rings. The van der Waals surface area contributed by atoms with E-state index in [0.29, 0.717) is 23.6 Å². The summed E-state index contributed by atoms with van der Waals surface area (Å²) in [6.45, 7) is 1.54. The molecule has 3 rings (SSSR count). The van der Waals surface area contributed by atoms with E-state index in [1.165, 1.54) is 0 Å². The summed E-state index contributed by atoms with van der Waals surface area (Å²) in [5.41, 5.74) is 0.885. The molecule has 0 spiro atoms. The standard InChI is InChI=1S/C20H24ClNO4/c1-12(13-4-3-7-17(21)10-13)22-18(23)11-26-20(25)16-8-14-5-2-6-15(9-16)19(14)24/h3-4,7,10,12,14-16H,2,5-6,8-9,11H2,1H3,(H,22,23)/t12-,14-,15+,16?/m0/s1. The van der Waals surface area contributed by atoms with E-state index in [-0.39, 0.29) is 42.3 Å². The zero-order valence-electron chi connectivity index (χ0n) is 14.9. The van der Waals surface area contributed by atoms with Crippen LogP contribution in [0.15, 0.2) is 24.3 Å². The van der Waals surface area contributed by atoms with E-state index >= 15 is 0 Å². The molecule has 0 aromatic heterocycles. The maximum Gasteiger partial charge on any atom is 0.309 e. The lowest BCUT2D eigenvalue weighted by atomic mass is 9.67. The number of Topliss-reactive ketones (excluding diaryl/α,β-unsaturated/α-hetero) is 1. The Morgan fingerprint density at radius 1 is 1.27 bits per heavy atom. The van der Waals surface area contributed by atoms with Gasteiger partial charge >= 0.3 is 5.97 Å². The molecule has 2 aliphatic carbocycles. The second-order valence-electron chi connectivity index (χ2n) is 7.35. The summed E-state index contributed by atoms with van der Waals surface area (Å²) in [6.07, 6.45) is 3.93. The molecule has 2 bridgehead atoms. The smallest absolute Gasteiger partial charge is 0.309 e. The van der Waals surface area contributed by atoms with Gasteiger partial charge in [0.05, 0.1) is 12.0 Å². The Balaban J connectivity index is 1.47. The van der Waals surface area contributed by atoms with Crippen molar-refractivity contribution >= 4 is 29.3 Å². The van der Waals surface area contributed by atoms with Gasteiger partial charge in [0.25, 0.3) is 5.91 Å². The predicted molar refractivity (Wildman–Crippen MR) is 97.5 cm³/mol. The molecular formula is C20H24ClNO4. The van der Waals surface area contributed by atoms with E-state index in [1.807, 2.05) is 19.1 Å². The van der Waals surface area contributed by atoms with Gasteiger partial charge in [0.1, 0.15) is 5.78 Å². The third-order valence-electron chi connectivity index (χ3n) is 5.45. The molecule has 5 nitrogen and oxygen atoms in total. The number of hydrogen-bond acceptors (Lipinski definition) is 4. The first-order valence-corrected chi connectivity index (χ1v) is 9.57. The molecule has 1 aromatic carbocycles. The fourth-order valence-electron chi connectivity index (χ4n) is 4.07. The normalized spacial score (nSPS) is 26.1. The Hall–Kier alpha value is -1.88. The number of ether oxygens (including phenoxy) is 1. The van der Waals surface area contributed by atoms with Crippen LogP contribution in [-0.4, -0.2) is 24.3 Å². The summed E-state index contributed by atoms with van der Waals surface area (Å²) in [4.78, 5) is 36.5. The van der Waals surface area contributed by atoms with Crippen LogP contribution in [0.2, 0.25) is 5.02 Å². The average Bonchev–Trinajstić information content (AvgIpc) is 2.59. The van der Waals surface area contributed by atoms with Crippen LogP contribution in [0.4, 0.5) is 0 Å². The van der Waals surface area contributed by atoms with Gasteiger partial charge in [-0.05, 0) is 50.3 Å². The second kappa shape index (κ2) is 8.21. The highest BCUT2D eigenvalue weighted by molar-refractivity contribution is 6.30. The molecule has 0 aliphatic heterocycles. The molecule has 1 unspecified atom stereocenters. The van der Waals surface area contributed by atoms with Gasteiger partial charge in [-0.3, -0.25) is 14.4 Å². The number of hydrogen-bond donors (Lipinski definition) is 1. The first-order valence-electron chi connectivity index (χ1n) is 9.19. The Bertz CT molecular complexity index is 689. The first kappa shape index (κ1) is 18.9. The van der Waals surface area contributed by atoms with Gasteiger partial charge in [-0.25, -0.2) is 0 Å². The minimum Gasteiger partial charge on any atom is -0.455 e. The van der Waals surface area contributed by atoms with Crippen LogP contribution in [0, 0.1) is 17.8 Å². The second-order valence-corrected chi connectivity index (χ2v) is 7.78. The molecule has 6 heteroatoms. The van der Waals surface area contributed by atoms with Gasteiger partial charge in [-0.15, -0.1) is 0 Å². The van der Waals surface area contributed by atoms with Crippen molar-refractivity contribution in [3.8, 4) is 0 Å². The van der Waals surface area contributed by atoms with Crippen LogP contribution in [0.1, 0.15) is 50.6 Å². The average molecular weight is 378 g/mol. The predicted octanol–water partition coefficient (Wildman–Crippen LogP) is 3.46. The van der Waals surface area contributed by atoms with E-state index < -0.39 is 0 Å². The Labute approximate surface area is 158 Å². The van der Waals surface area contributed by atoms with Gasteiger partial charge in [-0.1, -0.05) is 30.2 Å². The summed E-state index contributed by atoms with van der Waals surface area (Å²) in [5, 5.41) is 3.40. The molecular weight excluding hydrogens is 354 g/mol. The number of ketones is 1. The molecule has 26 heavy (non-hydrogen) atoms. The Morgan fingerprint density at radius 2 is 1.96 bits per heavy atom. The number of fused-ring (bicyclic) bond motifs is 2. The minimum absolute atomic E-state index is 0.00303. The van der Waals surface area contributed by atoms with Crippen molar-refractivity contribution in [2.24, 2.45) is 17.8 Å². The highest BCUT2D eigenvalue weighted by Crippen LogP contribution is 2.40. The molecule has 0 saturated heterocycles. The molecule has 140 valence electrons. The van der Waals surface area contributed by atoms with Crippen molar-refractivity contribution in [2.75, 3.05) is 6.61 Å². The highest BCUT2D eigenvalue weighted by Gasteiger charge is 2.41. The van der Waals surface area contributed by atoms with Crippen molar-refractivity contribution in [3.05, 3.63) is 34.9 Å². The van der Waals surface area contributed by atoms with Gasteiger partial charge in [0.2, 0.25) is 0 Å². The summed E-state index contributed by atoms with van der Waals surface area (Å²) in [7, 11) is 0. The third-order valence-corrected chi connectivity index (χ3v) is 5.69. The van der Waals surface area contributed by atoms with E-state index in [9.17, 15) is 14.4 Å². The summed E-state index contributed by atoms with van der Waals surface area (Å²) < 4.78 is 5.22. The van der Waals surface area contributed by atoms with E-state index in [1.54, 1.807) is 12.1 Å². The van der Waals surface area contributed by atoms with Crippen LogP contribution in [0.5, 0.6) is 0 Å². The fraction of sp³-hybridized carbons (Fsp3) is 0.550. The monoisotopic (exact) mass is 377 g/mol. The zero-order chi connectivity index (χ0) is 18.7. The van der Waals surface area contributed by atoms with Crippen LogP contribution in [0.25, 0.3) is 0 Å². The topological polar surface area (TPSA) is 72.5 Å². The number of benzene rings is 1. The summed E-state index contributed by atoms with van der Waals surface area (Å²) in [5.74, 6) is -0.666. The van der Waals surface area contributed by atoms with Crippen molar-refractivity contribution in [3.63, 3.8) is 0 Å². The highest BCUT2D eigenvalue weighted by atomic mass is 35.5. The van der Waals surface area contributed by atoms with Crippen molar-refractivity contribution in [1.29, 1.82) is 0 Å². The number of carbonyl (C=O) groups is 3. The van der Waals surface area contributed by atoms with Gasteiger partial charge in [0.15, 0.2) is 6.61 Å². The van der Waals surface area contributed by atoms with Crippen LogP contribution in [0.3, 0.4) is 0 Å². The molecule has 0 heterocycles. The number of esters is 1. The quantitative estimate of drug-likeness (QED) is 0.797. The molecule has 1 N–H and O–H groups in total. The molecule has 2 saturated carbocycles. The van der Waals surface area contributed by atoms with Crippen LogP contribution < -0.4 is 5.32 Å². The molecule has 1 amide bonds. The zero-order valence-corrected chi connectivity index (χ0v) is 15.6. The lowest BCUT2D eigenvalue weighted by Gasteiger charge is -2.36. The van der Waals surface area contributed by atoms with Crippen LogP contribution >= 0.6 is 11.6 Å². The fourth-order valence-corrected chi connectivity index (χ4v) is 4.27. The lowest BCUT2D eigenvalue weighted by molar-refractivity contribution is -0.156. The third kappa shape index (κ3) is 4.44. The number of halogens is 1. The number of rotatable bonds is 5. The number of amides is 1. The molecule has 0 radical (unpaired) electrons. The molecule has 1 aromatic rings. The van der Waals surface area contributed by atoms with E-state index in [2.05, 4.69) is 5.32 Å². The first-order chi connectivity index (χ1) is 12.4. The van der Waals surface area contributed by atoms with Crippen molar-refractivity contribution < 1.29 is 19.1 Å². The Morgan fingerprint density at radius 3 is 2.62 bits per heavy atom. The number of carbonyl (C=O) groups excluding carboxylic acids is 3. The number of nitrogens with one attached hydrogen (secondary N) is 1. The van der Waals surface area contributed by atoms with Gasteiger partial charge in [-0.2, -0.15) is 0 Å². The maximum atomic E-state index is 12.3. The molecule has 4 atom stereocenters. The minimum atomic E-state index is -0.361. The largest absolute Gasteiger partial charge is 0.455 e. The van der Waals surface area contributed by atoms with Gasteiger partial charge < -0.3 is 10.1 Å². The lowest BCUT2D eigenvalue weighted by Crippen LogP contribution is -2.40. The Kier molecular flexibility index (Phi) is 5.97. The van der Waals surface area contributed by atoms with Crippen molar-refractivity contribution in [2.45, 2.75) is 45.1 Å². The van der Waals surface area contributed by atoms with Crippen LogP contribution in [-0.2, 0) is 19.1 Å². The van der Waals surface area contributed by atoms with E-state index in [4.69, 9.17) is 16.3 Å². The summed E-state index contributed by atoms with van der Waals surface area (Å²) in [6, 6.07) is 7.02. The SMILES string of the molecule is C[C@H](NC(=O)COC(=O)C1C[C@H]2CCC[C@@H](C1)C2=O)c1cccc(Cl)c1. The van der Waals surface area contributed by atoms with Crippen molar-refractivity contribution in [1.82, 2.24) is 5.32 Å². The summed E-state index contributed by atoms with van der Waals surface area (Å²) >= 11 is 5.96. The maximum absolute atomic E-state index is 12.3.